The molecule has 0 unspecified atom stereocenters. The minimum atomic E-state index is -0.922. The van der Waals surface area contributed by atoms with Crippen LogP contribution in [0.15, 0.2) is 0 Å². The first kappa shape index (κ1) is 9.60. The van der Waals surface area contributed by atoms with Gasteiger partial charge in [0.2, 0.25) is 0 Å². The molecule has 0 aromatic rings. The van der Waals surface area contributed by atoms with Gasteiger partial charge in [0.25, 0.3) is 0 Å². The van der Waals surface area contributed by atoms with Crippen molar-refractivity contribution in [1.82, 2.24) is 0 Å². The zero-order chi connectivity index (χ0) is 8.69. The van der Waals surface area contributed by atoms with Crippen molar-refractivity contribution in [2.24, 2.45) is 0 Å². The number of rotatable bonds is 2. The van der Waals surface area contributed by atoms with Crippen LogP contribution < -0.4 is 0 Å². The van der Waals surface area contributed by atoms with Gasteiger partial charge in [-0.2, -0.15) is 0 Å². The first-order valence-corrected chi connectivity index (χ1v) is 2.62. The van der Waals surface area contributed by atoms with Crippen molar-refractivity contribution in [2.75, 3.05) is 14.2 Å². The number of hydrogen-bond acceptors (Lipinski definition) is 6. The van der Waals surface area contributed by atoms with Crippen molar-refractivity contribution in [3.63, 3.8) is 0 Å². The van der Waals surface area contributed by atoms with E-state index in [-0.39, 0.29) is 0 Å². The van der Waals surface area contributed by atoms with Gasteiger partial charge in [0, 0.05) is 0 Å². The number of hydrogen-bond donors (Lipinski definition) is 0. The van der Waals surface area contributed by atoms with Gasteiger partial charge in [-0.15, -0.1) is 0 Å². The second-order valence-corrected chi connectivity index (χ2v) is 1.31. The number of ether oxygens (including phenoxy) is 2. The lowest BCUT2D eigenvalue weighted by Crippen LogP contribution is -2.15. The van der Waals surface area contributed by atoms with Gasteiger partial charge in [-0.1, -0.05) is 0 Å². The van der Waals surface area contributed by atoms with E-state index in [0.29, 0.717) is 0 Å². The SMILES string of the molecule is COC(=O)OBOC(=O)OC. The lowest BCUT2D eigenvalue weighted by atomic mass is 10.4. The maximum Gasteiger partial charge on any atom is 0.585 e. The quantitative estimate of drug-likeness (QED) is 0.414. The lowest BCUT2D eigenvalue weighted by Gasteiger charge is -2.01. The van der Waals surface area contributed by atoms with Crippen LogP contribution in [0, 0.1) is 0 Å². The molecular formula is C4H7BO6. The monoisotopic (exact) mass is 162 g/mol. The van der Waals surface area contributed by atoms with Crippen LogP contribution in [-0.4, -0.2) is 34.2 Å². The van der Waals surface area contributed by atoms with Crippen LogP contribution in [0.5, 0.6) is 0 Å². The van der Waals surface area contributed by atoms with E-state index >= 15 is 0 Å². The fourth-order valence-corrected chi connectivity index (χ4v) is 0.244. The normalized spacial score (nSPS) is 7.82. The molecule has 0 aliphatic rings. The molecule has 0 heterocycles. The Bertz CT molecular complexity index is 130. The summed E-state index contributed by atoms with van der Waals surface area (Å²) in [4.78, 5) is 20.4. The Kier molecular flexibility index (Phi) is 4.71. The van der Waals surface area contributed by atoms with E-state index < -0.39 is 20.0 Å². The second-order valence-electron chi connectivity index (χ2n) is 1.31. The first-order valence-electron chi connectivity index (χ1n) is 2.62. The third-order valence-corrected chi connectivity index (χ3v) is 0.687. The smallest absolute Gasteiger partial charge is 0.469 e. The Hall–Kier alpha value is -1.40. The third kappa shape index (κ3) is 5.07. The van der Waals surface area contributed by atoms with Gasteiger partial charge >= 0.3 is 20.0 Å². The molecule has 0 fully saturated rings. The highest BCUT2D eigenvalue weighted by molar-refractivity contribution is 6.24. The Morgan fingerprint density at radius 3 is 1.64 bits per heavy atom. The van der Waals surface area contributed by atoms with Crippen LogP contribution in [0.1, 0.15) is 0 Å². The molecule has 0 radical (unpaired) electrons. The maximum absolute atomic E-state index is 10.2. The minimum Gasteiger partial charge on any atom is -0.469 e. The van der Waals surface area contributed by atoms with Gasteiger partial charge < -0.3 is 18.8 Å². The first-order chi connectivity index (χ1) is 5.20. The highest BCUT2D eigenvalue weighted by atomic mass is 16.8. The fraction of sp³-hybridized carbons (Fsp3) is 0.500. The minimum absolute atomic E-state index is 0.515. The van der Waals surface area contributed by atoms with Crippen molar-refractivity contribution in [2.45, 2.75) is 0 Å². The summed E-state index contributed by atoms with van der Waals surface area (Å²) in [5.41, 5.74) is 0. The Morgan fingerprint density at radius 1 is 1.00 bits per heavy atom. The molecule has 0 spiro atoms. The maximum atomic E-state index is 10.2. The van der Waals surface area contributed by atoms with Crippen LogP contribution in [-0.2, 0) is 18.8 Å². The molecule has 11 heavy (non-hydrogen) atoms. The molecule has 0 aliphatic heterocycles. The van der Waals surface area contributed by atoms with Crippen LogP contribution in [0.25, 0.3) is 0 Å². The molecule has 0 aromatic carbocycles. The molecule has 0 saturated heterocycles. The van der Waals surface area contributed by atoms with Crippen LogP contribution in [0.4, 0.5) is 9.59 Å². The summed E-state index contributed by atoms with van der Waals surface area (Å²) in [5.74, 6) is 0. The predicted octanol–water partition coefficient (Wildman–Crippen LogP) is -0.181. The Labute approximate surface area is 63.7 Å². The summed E-state index contributed by atoms with van der Waals surface area (Å²) in [6.45, 7) is 0. The van der Waals surface area contributed by atoms with Crippen molar-refractivity contribution in [1.29, 1.82) is 0 Å². The second kappa shape index (κ2) is 5.39. The van der Waals surface area contributed by atoms with E-state index in [1.807, 2.05) is 0 Å². The Balaban J connectivity index is 3.27. The summed E-state index contributed by atoms with van der Waals surface area (Å²) in [6.07, 6.45) is -1.84. The van der Waals surface area contributed by atoms with Gasteiger partial charge in [0.15, 0.2) is 0 Å². The highest BCUT2D eigenvalue weighted by Crippen LogP contribution is 1.83. The molecule has 0 rings (SSSR count). The van der Waals surface area contributed by atoms with Gasteiger partial charge in [-0.05, 0) is 0 Å². The molecule has 0 saturated carbocycles. The van der Waals surface area contributed by atoms with Crippen LogP contribution in [0.2, 0.25) is 0 Å². The van der Waals surface area contributed by atoms with E-state index in [2.05, 4.69) is 18.8 Å². The zero-order valence-electron chi connectivity index (χ0n) is 6.16. The number of carbonyl (C=O) groups is 2. The highest BCUT2D eigenvalue weighted by Gasteiger charge is 2.07. The summed E-state index contributed by atoms with van der Waals surface area (Å²) >= 11 is 0. The van der Waals surface area contributed by atoms with Crippen molar-refractivity contribution >= 4 is 20.0 Å². The summed E-state index contributed by atoms with van der Waals surface area (Å²) < 4.78 is 16.5. The predicted molar refractivity (Wildman–Crippen MR) is 34.1 cm³/mol. The van der Waals surface area contributed by atoms with Crippen LogP contribution in [0.3, 0.4) is 0 Å². The summed E-state index contributed by atoms with van der Waals surface area (Å²) in [7, 11) is 1.76. The van der Waals surface area contributed by atoms with Crippen molar-refractivity contribution in [3.8, 4) is 0 Å². The van der Waals surface area contributed by atoms with Crippen molar-refractivity contribution in [3.05, 3.63) is 0 Å². The average molecular weight is 162 g/mol. The molecule has 0 atom stereocenters. The lowest BCUT2D eigenvalue weighted by molar-refractivity contribution is 0.0983. The van der Waals surface area contributed by atoms with Crippen molar-refractivity contribution < 1.29 is 28.4 Å². The van der Waals surface area contributed by atoms with Gasteiger partial charge in [-0.25, -0.2) is 9.59 Å². The third-order valence-electron chi connectivity index (χ3n) is 0.687. The van der Waals surface area contributed by atoms with E-state index in [1.165, 1.54) is 0 Å². The van der Waals surface area contributed by atoms with Gasteiger partial charge in [-0.3, -0.25) is 0 Å². The molecule has 6 nitrogen and oxygen atoms in total. The molecule has 0 aromatic heterocycles. The molecule has 0 bridgehead atoms. The number of carbonyl (C=O) groups excluding carboxylic acids is 2. The van der Waals surface area contributed by atoms with E-state index in [9.17, 15) is 9.59 Å². The largest absolute Gasteiger partial charge is 0.585 e. The van der Waals surface area contributed by atoms with E-state index in [4.69, 9.17) is 0 Å². The summed E-state index contributed by atoms with van der Waals surface area (Å²) in [6, 6.07) is 0. The topological polar surface area (TPSA) is 71.1 Å². The molecular weight excluding hydrogens is 155 g/mol. The molecule has 7 heteroatoms. The molecule has 62 valence electrons. The van der Waals surface area contributed by atoms with Gasteiger partial charge in [0.05, 0.1) is 14.2 Å². The molecule has 0 aliphatic carbocycles. The van der Waals surface area contributed by atoms with E-state index in [1.54, 1.807) is 0 Å². The number of methoxy groups -OCH3 is 2. The van der Waals surface area contributed by atoms with Crippen LogP contribution >= 0.6 is 0 Å². The molecule has 0 amide bonds. The Morgan fingerprint density at radius 2 is 1.36 bits per heavy atom. The summed E-state index contributed by atoms with van der Waals surface area (Å²) in [5, 5.41) is 0. The van der Waals surface area contributed by atoms with Gasteiger partial charge in [0.1, 0.15) is 0 Å². The zero-order valence-corrected chi connectivity index (χ0v) is 6.16. The van der Waals surface area contributed by atoms with E-state index in [0.717, 1.165) is 14.2 Å². The fourth-order valence-electron chi connectivity index (χ4n) is 0.244. The molecule has 0 N–H and O–H groups in total. The average Bonchev–Trinajstić information content (AvgIpc) is 2.04. The standard InChI is InChI=1S/C4H7BO6/c1-8-3(6)10-5-11-4(7)9-2/h5H,1-2H3.